The summed E-state index contributed by atoms with van der Waals surface area (Å²) < 4.78 is 0. The van der Waals surface area contributed by atoms with E-state index >= 15 is 0 Å². The Morgan fingerprint density at radius 2 is 1.91 bits per heavy atom. The van der Waals surface area contributed by atoms with Crippen molar-refractivity contribution in [2.45, 2.75) is 76.9 Å². The van der Waals surface area contributed by atoms with Gasteiger partial charge >= 0.3 is 0 Å². The number of amides is 1. The maximum absolute atomic E-state index is 12.6. The van der Waals surface area contributed by atoms with E-state index in [0.717, 1.165) is 24.0 Å². The van der Waals surface area contributed by atoms with E-state index in [1.54, 1.807) is 0 Å². The van der Waals surface area contributed by atoms with Gasteiger partial charge in [-0.2, -0.15) is 0 Å². The Morgan fingerprint density at radius 3 is 2.57 bits per heavy atom. The van der Waals surface area contributed by atoms with Crippen LogP contribution in [-0.2, 0) is 0 Å². The fraction of sp³-hybridized carbons (Fsp3) is 0.650. The van der Waals surface area contributed by atoms with Crippen LogP contribution in [0.5, 0.6) is 0 Å². The van der Waals surface area contributed by atoms with Crippen molar-refractivity contribution in [3.05, 3.63) is 35.4 Å². The van der Waals surface area contributed by atoms with E-state index in [1.807, 2.05) is 31.2 Å². The summed E-state index contributed by atoms with van der Waals surface area (Å²) in [6, 6.07) is 9.58. The zero-order valence-corrected chi connectivity index (χ0v) is 14.6. The summed E-state index contributed by atoms with van der Waals surface area (Å²) in [5.41, 5.74) is 1.89. The van der Waals surface area contributed by atoms with Crippen LogP contribution in [0.25, 0.3) is 0 Å². The molecular formula is C20H30N2O. The van der Waals surface area contributed by atoms with Gasteiger partial charge in [-0.05, 0) is 57.2 Å². The van der Waals surface area contributed by atoms with Crippen LogP contribution < -0.4 is 5.32 Å². The third kappa shape index (κ3) is 3.77. The van der Waals surface area contributed by atoms with Gasteiger partial charge < -0.3 is 5.32 Å². The van der Waals surface area contributed by atoms with Crippen LogP contribution in [0.3, 0.4) is 0 Å². The van der Waals surface area contributed by atoms with Gasteiger partial charge in [-0.1, -0.05) is 38.0 Å². The summed E-state index contributed by atoms with van der Waals surface area (Å²) in [6.45, 7) is 5.52. The predicted octanol–water partition coefficient (Wildman–Crippen LogP) is 3.91. The van der Waals surface area contributed by atoms with Crippen molar-refractivity contribution in [1.82, 2.24) is 10.2 Å². The van der Waals surface area contributed by atoms with Crippen molar-refractivity contribution < 1.29 is 4.79 Å². The first-order valence-corrected chi connectivity index (χ1v) is 9.31. The Kier molecular flexibility index (Phi) is 5.37. The van der Waals surface area contributed by atoms with Gasteiger partial charge in [0.25, 0.3) is 5.91 Å². The number of benzene rings is 1. The van der Waals surface area contributed by atoms with Gasteiger partial charge in [0, 0.05) is 23.7 Å². The topological polar surface area (TPSA) is 32.3 Å². The van der Waals surface area contributed by atoms with Crippen LogP contribution in [0.15, 0.2) is 24.3 Å². The minimum absolute atomic E-state index is 0.105. The average Bonchev–Trinajstić information content (AvgIpc) is 2.53. The number of carbonyl (C=O) groups excluding carboxylic acids is 1. The number of aryl methyl sites for hydroxylation is 1. The monoisotopic (exact) mass is 314 g/mol. The van der Waals surface area contributed by atoms with Crippen LogP contribution in [0.1, 0.15) is 67.8 Å². The van der Waals surface area contributed by atoms with Crippen molar-refractivity contribution >= 4 is 5.91 Å². The third-order valence-electron chi connectivity index (χ3n) is 5.62. The van der Waals surface area contributed by atoms with Crippen molar-refractivity contribution in [2.75, 3.05) is 6.54 Å². The van der Waals surface area contributed by atoms with Gasteiger partial charge in [-0.3, -0.25) is 9.69 Å². The summed E-state index contributed by atoms with van der Waals surface area (Å²) in [5.74, 6) is 0.105. The molecule has 1 N–H and O–H groups in total. The summed E-state index contributed by atoms with van der Waals surface area (Å²) in [6.07, 6.45) is 8.77. The second kappa shape index (κ2) is 7.48. The molecule has 2 aliphatic rings. The lowest BCUT2D eigenvalue weighted by Gasteiger charge is -2.49. The molecule has 1 aromatic carbocycles. The lowest BCUT2D eigenvalue weighted by molar-refractivity contribution is 0.0234. The molecule has 0 aliphatic carbocycles. The van der Waals surface area contributed by atoms with E-state index in [9.17, 15) is 4.79 Å². The predicted molar refractivity (Wildman–Crippen MR) is 94.7 cm³/mol. The molecule has 2 aliphatic heterocycles. The molecule has 2 heterocycles. The number of hydrogen-bond acceptors (Lipinski definition) is 2. The van der Waals surface area contributed by atoms with E-state index in [0.29, 0.717) is 18.1 Å². The Bertz CT molecular complexity index is 528. The number of nitrogens with one attached hydrogen (secondary N) is 1. The van der Waals surface area contributed by atoms with Gasteiger partial charge in [-0.25, -0.2) is 0 Å². The second-order valence-electron chi connectivity index (χ2n) is 7.29. The Balaban J connectivity index is 1.63. The molecule has 126 valence electrons. The number of carbonyl (C=O) groups is 1. The molecular weight excluding hydrogens is 284 g/mol. The molecule has 2 saturated heterocycles. The van der Waals surface area contributed by atoms with E-state index in [4.69, 9.17) is 0 Å². The zero-order chi connectivity index (χ0) is 16.2. The highest BCUT2D eigenvalue weighted by atomic mass is 16.1. The van der Waals surface area contributed by atoms with Crippen LogP contribution in [0, 0.1) is 6.92 Å². The number of hydrogen-bond donors (Lipinski definition) is 1. The van der Waals surface area contributed by atoms with Gasteiger partial charge in [0.1, 0.15) is 0 Å². The van der Waals surface area contributed by atoms with E-state index in [1.165, 1.54) is 38.6 Å². The maximum Gasteiger partial charge on any atom is 0.251 e. The molecule has 2 atom stereocenters. The highest BCUT2D eigenvalue weighted by Gasteiger charge is 2.38. The molecule has 0 saturated carbocycles. The Hall–Kier alpha value is -1.35. The van der Waals surface area contributed by atoms with Gasteiger partial charge in [0.2, 0.25) is 0 Å². The molecule has 3 heteroatoms. The minimum atomic E-state index is 0.105. The minimum Gasteiger partial charge on any atom is -0.349 e. The zero-order valence-electron chi connectivity index (χ0n) is 14.6. The van der Waals surface area contributed by atoms with Crippen LogP contribution >= 0.6 is 0 Å². The fourth-order valence-corrected chi connectivity index (χ4v) is 4.39. The molecule has 23 heavy (non-hydrogen) atoms. The largest absolute Gasteiger partial charge is 0.349 e. The smallest absolute Gasteiger partial charge is 0.251 e. The summed E-state index contributed by atoms with van der Waals surface area (Å²) >= 11 is 0. The fourth-order valence-electron chi connectivity index (χ4n) is 4.39. The first-order valence-electron chi connectivity index (χ1n) is 9.31. The molecule has 3 nitrogen and oxygen atoms in total. The highest BCUT2D eigenvalue weighted by Crippen LogP contribution is 2.34. The second-order valence-corrected chi connectivity index (χ2v) is 7.29. The quantitative estimate of drug-likeness (QED) is 0.893. The molecule has 0 spiro atoms. The Labute approximate surface area is 140 Å². The van der Waals surface area contributed by atoms with E-state index in [2.05, 4.69) is 17.1 Å². The summed E-state index contributed by atoms with van der Waals surface area (Å²) in [5, 5.41) is 3.32. The van der Waals surface area contributed by atoms with Crippen molar-refractivity contribution in [2.24, 2.45) is 0 Å². The number of nitrogens with zero attached hydrogens (tertiary/aromatic N) is 1. The number of piperidine rings is 2. The van der Waals surface area contributed by atoms with Crippen molar-refractivity contribution in [3.8, 4) is 0 Å². The van der Waals surface area contributed by atoms with Crippen LogP contribution in [0.4, 0.5) is 0 Å². The first kappa shape index (κ1) is 16.5. The Morgan fingerprint density at radius 1 is 1.22 bits per heavy atom. The molecule has 1 aromatic rings. The van der Waals surface area contributed by atoms with Crippen molar-refractivity contribution in [1.29, 1.82) is 0 Å². The molecule has 0 aromatic heterocycles. The number of fused-ring (bicyclic) bond motifs is 2. The molecule has 0 radical (unpaired) electrons. The van der Waals surface area contributed by atoms with Crippen LogP contribution in [0.2, 0.25) is 0 Å². The van der Waals surface area contributed by atoms with Gasteiger partial charge in [0.05, 0.1) is 0 Å². The lowest BCUT2D eigenvalue weighted by atomic mass is 9.81. The molecule has 2 bridgehead atoms. The lowest BCUT2D eigenvalue weighted by Crippen LogP contribution is -2.57. The standard InChI is InChI=1S/C20H30N2O/c1-3-4-12-22-17-9-7-10-18(22)14-16(13-17)21-20(23)19-11-6-5-8-15(19)2/h5-6,8,11,16-18H,3-4,7,9-10,12-14H2,1-2H3,(H,21,23). The molecule has 1 amide bonds. The molecule has 2 unspecified atom stereocenters. The number of unbranched alkanes of at least 4 members (excludes halogenated alkanes) is 1. The SMILES string of the molecule is CCCCN1C2CCCC1CC(NC(=O)c1ccccc1C)C2. The highest BCUT2D eigenvalue weighted by molar-refractivity contribution is 5.95. The molecule has 3 rings (SSSR count). The summed E-state index contributed by atoms with van der Waals surface area (Å²) in [7, 11) is 0. The van der Waals surface area contributed by atoms with Crippen molar-refractivity contribution in [3.63, 3.8) is 0 Å². The third-order valence-corrected chi connectivity index (χ3v) is 5.62. The van der Waals surface area contributed by atoms with E-state index < -0.39 is 0 Å². The maximum atomic E-state index is 12.6. The number of rotatable bonds is 5. The van der Waals surface area contributed by atoms with Gasteiger partial charge in [-0.15, -0.1) is 0 Å². The van der Waals surface area contributed by atoms with Gasteiger partial charge in [0.15, 0.2) is 0 Å². The normalized spacial score (nSPS) is 27.7. The van der Waals surface area contributed by atoms with E-state index in [-0.39, 0.29) is 5.91 Å². The summed E-state index contributed by atoms with van der Waals surface area (Å²) in [4.78, 5) is 15.3. The average molecular weight is 314 g/mol. The first-order chi connectivity index (χ1) is 11.2. The molecule has 2 fully saturated rings. The van der Waals surface area contributed by atoms with Crippen LogP contribution in [-0.4, -0.2) is 35.5 Å².